The summed E-state index contributed by atoms with van der Waals surface area (Å²) in [7, 11) is 0. The summed E-state index contributed by atoms with van der Waals surface area (Å²) in [6, 6.07) is 10.6. The fourth-order valence-electron chi connectivity index (χ4n) is 2.33. The molecule has 0 aliphatic heterocycles. The Bertz CT molecular complexity index is 500. The second-order valence-electron chi connectivity index (χ2n) is 5.54. The first kappa shape index (κ1) is 14.0. The number of nitrogens with one attached hydrogen (secondary N) is 1. The van der Waals surface area contributed by atoms with E-state index in [0.717, 1.165) is 30.9 Å². The predicted molar refractivity (Wildman–Crippen MR) is 82.4 cm³/mol. The number of aryl methyl sites for hydroxylation is 1. The van der Waals surface area contributed by atoms with Crippen molar-refractivity contribution in [1.29, 1.82) is 0 Å². The number of hydrogen-bond acceptors (Lipinski definition) is 2. The Morgan fingerprint density at radius 2 is 1.95 bits per heavy atom. The van der Waals surface area contributed by atoms with Crippen molar-refractivity contribution >= 4 is 10.9 Å². The van der Waals surface area contributed by atoms with E-state index in [4.69, 9.17) is 0 Å². The second-order valence-corrected chi connectivity index (χ2v) is 5.54. The number of unbranched alkanes of at least 4 members (excludes halogenated alkanes) is 1. The summed E-state index contributed by atoms with van der Waals surface area (Å²) < 4.78 is 0. The maximum atomic E-state index is 4.41. The number of pyridine rings is 1. The molecule has 0 fully saturated rings. The van der Waals surface area contributed by atoms with E-state index >= 15 is 0 Å². The molecule has 0 unspecified atom stereocenters. The minimum Gasteiger partial charge on any atom is -0.316 e. The number of rotatable bonds is 7. The summed E-state index contributed by atoms with van der Waals surface area (Å²) in [6.45, 7) is 6.74. The summed E-state index contributed by atoms with van der Waals surface area (Å²) >= 11 is 0. The van der Waals surface area contributed by atoms with E-state index in [1.54, 1.807) is 0 Å². The maximum absolute atomic E-state index is 4.41. The molecule has 102 valence electrons. The SMILES string of the molecule is CC(C)CNCCCCc1ccnc2ccccc12. The summed E-state index contributed by atoms with van der Waals surface area (Å²) in [5.41, 5.74) is 2.53. The smallest absolute Gasteiger partial charge is 0.0704 e. The minimum absolute atomic E-state index is 0.740. The van der Waals surface area contributed by atoms with Crippen LogP contribution in [0, 0.1) is 5.92 Å². The molecular weight excluding hydrogens is 232 g/mol. The van der Waals surface area contributed by atoms with Gasteiger partial charge in [0.15, 0.2) is 0 Å². The lowest BCUT2D eigenvalue weighted by atomic mass is 10.0. The molecule has 0 amide bonds. The normalized spacial score (nSPS) is 11.3. The topological polar surface area (TPSA) is 24.9 Å². The molecular formula is C17H24N2. The molecule has 0 atom stereocenters. The fraction of sp³-hybridized carbons (Fsp3) is 0.471. The standard InChI is InChI=1S/C17H24N2/c1-14(2)13-18-11-6-5-7-15-10-12-19-17-9-4-3-8-16(15)17/h3-4,8-10,12,14,18H,5-7,11,13H2,1-2H3. The third-order valence-electron chi connectivity index (χ3n) is 3.34. The zero-order valence-electron chi connectivity index (χ0n) is 12.0. The molecule has 1 N–H and O–H groups in total. The molecule has 0 saturated heterocycles. The lowest BCUT2D eigenvalue weighted by Crippen LogP contribution is -2.20. The minimum atomic E-state index is 0.740. The summed E-state index contributed by atoms with van der Waals surface area (Å²) in [6.07, 6.45) is 5.55. The van der Waals surface area contributed by atoms with Gasteiger partial charge >= 0.3 is 0 Å². The highest BCUT2D eigenvalue weighted by Gasteiger charge is 2.01. The van der Waals surface area contributed by atoms with Gasteiger partial charge in [0.1, 0.15) is 0 Å². The van der Waals surface area contributed by atoms with Gasteiger partial charge in [0, 0.05) is 11.6 Å². The highest BCUT2D eigenvalue weighted by molar-refractivity contribution is 5.81. The molecule has 2 rings (SSSR count). The first-order valence-corrected chi connectivity index (χ1v) is 7.30. The highest BCUT2D eigenvalue weighted by Crippen LogP contribution is 2.17. The molecule has 1 aromatic heterocycles. The van der Waals surface area contributed by atoms with Crippen LogP contribution >= 0.6 is 0 Å². The fourth-order valence-corrected chi connectivity index (χ4v) is 2.33. The highest BCUT2D eigenvalue weighted by atomic mass is 14.8. The van der Waals surface area contributed by atoms with Gasteiger partial charge in [0.25, 0.3) is 0 Å². The Hall–Kier alpha value is -1.41. The van der Waals surface area contributed by atoms with E-state index in [9.17, 15) is 0 Å². The maximum Gasteiger partial charge on any atom is 0.0704 e. The van der Waals surface area contributed by atoms with Crippen molar-refractivity contribution in [2.45, 2.75) is 33.1 Å². The van der Waals surface area contributed by atoms with Crippen molar-refractivity contribution in [2.24, 2.45) is 5.92 Å². The zero-order valence-corrected chi connectivity index (χ0v) is 12.0. The number of aromatic nitrogens is 1. The molecule has 2 heteroatoms. The van der Waals surface area contributed by atoms with Gasteiger partial charge in [0.05, 0.1) is 5.52 Å². The molecule has 1 aromatic carbocycles. The molecule has 0 radical (unpaired) electrons. The van der Waals surface area contributed by atoms with Crippen molar-refractivity contribution in [3.63, 3.8) is 0 Å². The van der Waals surface area contributed by atoms with E-state index in [2.05, 4.69) is 54.5 Å². The monoisotopic (exact) mass is 256 g/mol. The average Bonchev–Trinajstić information content (AvgIpc) is 2.42. The number of hydrogen-bond donors (Lipinski definition) is 1. The van der Waals surface area contributed by atoms with E-state index in [1.165, 1.54) is 23.8 Å². The number of para-hydroxylation sites is 1. The van der Waals surface area contributed by atoms with Crippen molar-refractivity contribution in [3.8, 4) is 0 Å². The van der Waals surface area contributed by atoms with Gasteiger partial charge in [-0.2, -0.15) is 0 Å². The molecule has 1 heterocycles. The Balaban J connectivity index is 1.82. The summed E-state index contributed by atoms with van der Waals surface area (Å²) in [5, 5.41) is 4.80. The van der Waals surface area contributed by atoms with Crippen LogP contribution in [0.15, 0.2) is 36.5 Å². The molecule has 0 saturated carbocycles. The third-order valence-corrected chi connectivity index (χ3v) is 3.34. The molecule has 0 aliphatic carbocycles. The predicted octanol–water partition coefficient (Wildman–Crippen LogP) is 3.80. The number of fused-ring (bicyclic) bond motifs is 1. The van der Waals surface area contributed by atoms with Gasteiger partial charge in [-0.05, 0) is 56.0 Å². The van der Waals surface area contributed by atoms with Crippen LogP contribution in [0.1, 0.15) is 32.3 Å². The Morgan fingerprint density at radius 3 is 2.79 bits per heavy atom. The van der Waals surface area contributed by atoms with Crippen LogP contribution in [0.2, 0.25) is 0 Å². The van der Waals surface area contributed by atoms with Crippen molar-refractivity contribution < 1.29 is 0 Å². The molecule has 2 aromatic rings. The lowest BCUT2D eigenvalue weighted by Gasteiger charge is -2.08. The van der Waals surface area contributed by atoms with Crippen LogP contribution in [0.3, 0.4) is 0 Å². The summed E-state index contributed by atoms with van der Waals surface area (Å²) in [4.78, 5) is 4.41. The van der Waals surface area contributed by atoms with Gasteiger partial charge in [0.2, 0.25) is 0 Å². The molecule has 19 heavy (non-hydrogen) atoms. The van der Waals surface area contributed by atoms with Crippen LogP contribution < -0.4 is 5.32 Å². The first-order chi connectivity index (χ1) is 9.27. The Morgan fingerprint density at radius 1 is 1.11 bits per heavy atom. The quantitative estimate of drug-likeness (QED) is 0.762. The molecule has 2 nitrogen and oxygen atoms in total. The van der Waals surface area contributed by atoms with Gasteiger partial charge in [-0.25, -0.2) is 0 Å². The van der Waals surface area contributed by atoms with E-state index < -0.39 is 0 Å². The number of benzene rings is 1. The van der Waals surface area contributed by atoms with Gasteiger partial charge < -0.3 is 5.32 Å². The molecule has 0 bridgehead atoms. The zero-order chi connectivity index (χ0) is 13.5. The first-order valence-electron chi connectivity index (χ1n) is 7.30. The van der Waals surface area contributed by atoms with Gasteiger partial charge in [-0.1, -0.05) is 32.0 Å². The van der Waals surface area contributed by atoms with E-state index in [-0.39, 0.29) is 0 Å². The number of nitrogens with zero attached hydrogens (tertiary/aromatic N) is 1. The van der Waals surface area contributed by atoms with Crippen molar-refractivity contribution in [2.75, 3.05) is 13.1 Å². The van der Waals surface area contributed by atoms with Crippen molar-refractivity contribution in [1.82, 2.24) is 10.3 Å². The average molecular weight is 256 g/mol. The Labute approximate surface area is 116 Å². The van der Waals surface area contributed by atoms with E-state index in [0.29, 0.717) is 0 Å². The largest absolute Gasteiger partial charge is 0.316 e. The van der Waals surface area contributed by atoms with Crippen LogP contribution in [-0.4, -0.2) is 18.1 Å². The molecule has 0 spiro atoms. The van der Waals surface area contributed by atoms with Crippen LogP contribution in [0.25, 0.3) is 10.9 Å². The second kappa shape index (κ2) is 7.25. The van der Waals surface area contributed by atoms with E-state index in [1.807, 2.05) is 6.20 Å². The Kier molecular flexibility index (Phi) is 5.34. The van der Waals surface area contributed by atoms with Gasteiger partial charge in [-0.15, -0.1) is 0 Å². The summed E-state index contributed by atoms with van der Waals surface area (Å²) in [5.74, 6) is 0.740. The van der Waals surface area contributed by atoms with Gasteiger partial charge in [-0.3, -0.25) is 4.98 Å². The van der Waals surface area contributed by atoms with Crippen LogP contribution in [-0.2, 0) is 6.42 Å². The van der Waals surface area contributed by atoms with Crippen LogP contribution in [0.4, 0.5) is 0 Å². The third kappa shape index (κ3) is 4.32. The van der Waals surface area contributed by atoms with Crippen LogP contribution in [0.5, 0.6) is 0 Å². The lowest BCUT2D eigenvalue weighted by molar-refractivity contribution is 0.536. The van der Waals surface area contributed by atoms with Crippen molar-refractivity contribution in [3.05, 3.63) is 42.1 Å². The molecule has 0 aliphatic rings.